The van der Waals surface area contributed by atoms with Gasteiger partial charge in [-0.05, 0) is 0 Å². The highest BCUT2D eigenvalue weighted by atomic mass is 16.5. The molecular weight excluding hydrogens is 234 g/mol. The van der Waals surface area contributed by atoms with E-state index in [0.29, 0.717) is 35.7 Å². The van der Waals surface area contributed by atoms with Gasteiger partial charge in [-0.2, -0.15) is 0 Å². The van der Waals surface area contributed by atoms with Crippen LogP contribution in [-0.2, 0) is 6.54 Å². The summed E-state index contributed by atoms with van der Waals surface area (Å²) >= 11 is 0. The van der Waals surface area contributed by atoms with E-state index in [1.54, 1.807) is 43.6 Å². The number of aromatic nitrogens is 3. The van der Waals surface area contributed by atoms with Gasteiger partial charge in [-0.1, -0.05) is 0 Å². The van der Waals surface area contributed by atoms with E-state index >= 15 is 0 Å². The molecule has 2 aromatic heterocycles. The van der Waals surface area contributed by atoms with Crippen LogP contribution in [0.15, 0.2) is 24.8 Å². The normalized spacial score (nSPS) is 10.1. The van der Waals surface area contributed by atoms with Crippen molar-refractivity contribution in [3.63, 3.8) is 0 Å². The van der Waals surface area contributed by atoms with Gasteiger partial charge in [0.2, 0.25) is 0 Å². The van der Waals surface area contributed by atoms with Gasteiger partial charge in [0.05, 0.1) is 27.1 Å². The van der Waals surface area contributed by atoms with Gasteiger partial charge in [-0.3, -0.25) is 9.78 Å². The molecule has 0 N–H and O–H groups in total. The van der Waals surface area contributed by atoms with Crippen molar-refractivity contribution in [1.29, 1.82) is 0 Å². The van der Waals surface area contributed by atoms with E-state index in [1.807, 2.05) is 0 Å². The highest BCUT2D eigenvalue weighted by Gasteiger charge is 2.11. The molecule has 0 spiro atoms. The van der Waals surface area contributed by atoms with E-state index in [4.69, 9.17) is 9.47 Å². The minimum atomic E-state index is 0.386. The Kier molecular flexibility index (Phi) is 3.57. The number of carbonyl (C=O) groups is 1. The van der Waals surface area contributed by atoms with E-state index in [0.717, 1.165) is 0 Å². The molecule has 0 atom stereocenters. The molecule has 0 aliphatic heterocycles. The predicted octanol–water partition coefficient (Wildman–Crippen LogP) is 1.16. The third-order valence-electron chi connectivity index (χ3n) is 2.47. The van der Waals surface area contributed by atoms with Crippen molar-refractivity contribution < 1.29 is 14.3 Å². The summed E-state index contributed by atoms with van der Waals surface area (Å²) in [5, 5.41) is 0. The SMILES string of the molecule is COc1ccnc(Cn2cnc(C=O)c2)c1OC. The molecule has 0 fully saturated rings. The molecule has 0 amide bonds. The molecule has 0 aliphatic rings. The molecule has 6 heteroatoms. The molecule has 6 nitrogen and oxygen atoms in total. The van der Waals surface area contributed by atoms with Crippen LogP contribution in [0.3, 0.4) is 0 Å². The summed E-state index contributed by atoms with van der Waals surface area (Å²) in [7, 11) is 3.14. The van der Waals surface area contributed by atoms with Crippen LogP contribution < -0.4 is 9.47 Å². The second-order valence-electron chi connectivity index (χ2n) is 3.58. The second kappa shape index (κ2) is 5.31. The number of hydrogen-bond donors (Lipinski definition) is 0. The average molecular weight is 247 g/mol. The third kappa shape index (κ3) is 2.32. The molecular formula is C12H13N3O3. The van der Waals surface area contributed by atoms with Gasteiger partial charge in [0.1, 0.15) is 11.4 Å². The Morgan fingerprint density at radius 1 is 1.33 bits per heavy atom. The van der Waals surface area contributed by atoms with Crippen molar-refractivity contribution in [3.8, 4) is 11.5 Å². The maximum Gasteiger partial charge on any atom is 0.184 e. The quantitative estimate of drug-likeness (QED) is 0.742. The zero-order valence-corrected chi connectivity index (χ0v) is 10.2. The Morgan fingerprint density at radius 2 is 2.17 bits per heavy atom. The van der Waals surface area contributed by atoms with Gasteiger partial charge in [-0.15, -0.1) is 0 Å². The van der Waals surface area contributed by atoms with E-state index in [-0.39, 0.29) is 0 Å². The first kappa shape index (κ1) is 12.1. The molecule has 0 bridgehead atoms. The lowest BCUT2D eigenvalue weighted by Crippen LogP contribution is -2.03. The zero-order chi connectivity index (χ0) is 13.0. The number of aldehydes is 1. The van der Waals surface area contributed by atoms with Crippen LogP contribution in [-0.4, -0.2) is 35.0 Å². The molecule has 0 radical (unpaired) electrons. The molecule has 2 heterocycles. The number of hydrogen-bond acceptors (Lipinski definition) is 5. The fraction of sp³-hybridized carbons (Fsp3) is 0.250. The number of rotatable bonds is 5. The van der Waals surface area contributed by atoms with Gasteiger partial charge in [0.15, 0.2) is 17.8 Å². The van der Waals surface area contributed by atoms with Gasteiger partial charge in [0, 0.05) is 18.5 Å². The summed E-state index contributed by atoms with van der Waals surface area (Å²) in [4.78, 5) is 18.7. The fourth-order valence-corrected chi connectivity index (χ4v) is 1.66. The van der Waals surface area contributed by atoms with Gasteiger partial charge in [-0.25, -0.2) is 4.98 Å². The van der Waals surface area contributed by atoms with Gasteiger partial charge >= 0.3 is 0 Å². The minimum Gasteiger partial charge on any atom is -0.493 e. The molecule has 18 heavy (non-hydrogen) atoms. The highest BCUT2D eigenvalue weighted by Crippen LogP contribution is 2.29. The maximum absolute atomic E-state index is 10.6. The monoisotopic (exact) mass is 247 g/mol. The van der Waals surface area contributed by atoms with Crippen LogP contribution in [0.25, 0.3) is 0 Å². The number of imidazole rings is 1. The second-order valence-corrected chi connectivity index (χ2v) is 3.58. The average Bonchev–Trinajstić information content (AvgIpc) is 2.86. The van der Waals surface area contributed by atoms with Gasteiger partial charge in [0.25, 0.3) is 0 Å². The Labute approximate surface area is 104 Å². The molecule has 0 aliphatic carbocycles. The van der Waals surface area contributed by atoms with Crippen LogP contribution in [0, 0.1) is 0 Å². The van der Waals surface area contributed by atoms with Gasteiger partial charge < -0.3 is 14.0 Å². The van der Waals surface area contributed by atoms with E-state index in [9.17, 15) is 4.79 Å². The number of carbonyl (C=O) groups excluding carboxylic acids is 1. The Balaban J connectivity index is 2.30. The number of pyridine rings is 1. The van der Waals surface area contributed by atoms with Crippen molar-refractivity contribution in [2.75, 3.05) is 14.2 Å². The molecule has 2 aromatic rings. The molecule has 0 saturated heterocycles. The maximum atomic E-state index is 10.6. The minimum absolute atomic E-state index is 0.386. The van der Waals surface area contributed by atoms with E-state index < -0.39 is 0 Å². The summed E-state index contributed by atoms with van der Waals surface area (Å²) in [5.41, 5.74) is 1.10. The van der Waals surface area contributed by atoms with Crippen molar-refractivity contribution in [2.45, 2.75) is 6.54 Å². The summed E-state index contributed by atoms with van der Waals surface area (Å²) in [6.07, 6.45) is 5.57. The number of nitrogens with zero attached hydrogens (tertiary/aromatic N) is 3. The number of methoxy groups -OCH3 is 2. The van der Waals surface area contributed by atoms with E-state index in [2.05, 4.69) is 9.97 Å². The standard InChI is InChI=1S/C12H13N3O3/c1-17-11-3-4-13-10(12(11)18-2)6-15-5-9(7-16)14-8-15/h3-5,7-8H,6H2,1-2H3. The molecule has 94 valence electrons. The summed E-state index contributed by atoms with van der Waals surface area (Å²) in [6, 6.07) is 1.73. The fourth-order valence-electron chi connectivity index (χ4n) is 1.66. The lowest BCUT2D eigenvalue weighted by Gasteiger charge is -2.11. The molecule has 0 aromatic carbocycles. The largest absolute Gasteiger partial charge is 0.493 e. The lowest BCUT2D eigenvalue weighted by molar-refractivity contribution is 0.111. The Hall–Kier alpha value is -2.37. The molecule has 0 saturated carbocycles. The highest BCUT2D eigenvalue weighted by molar-refractivity contribution is 5.70. The van der Waals surface area contributed by atoms with Crippen molar-refractivity contribution in [1.82, 2.24) is 14.5 Å². The first-order chi connectivity index (χ1) is 8.78. The predicted molar refractivity (Wildman–Crippen MR) is 64.1 cm³/mol. The van der Waals surface area contributed by atoms with Crippen LogP contribution in [0.5, 0.6) is 11.5 Å². The third-order valence-corrected chi connectivity index (χ3v) is 2.47. The van der Waals surface area contributed by atoms with Crippen molar-refractivity contribution >= 4 is 6.29 Å². The lowest BCUT2D eigenvalue weighted by atomic mass is 10.3. The number of ether oxygens (including phenoxy) is 2. The molecule has 0 unspecified atom stereocenters. The first-order valence-electron chi connectivity index (χ1n) is 5.31. The Morgan fingerprint density at radius 3 is 2.78 bits per heavy atom. The smallest absolute Gasteiger partial charge is 0.184 e. The Bertz CT molecular complexity index is 551. The summed E-state index contributed by atoms with van der Waals surface area (Å²) < 4.78 is 12.2. The molecule has 2 rings (SSSR count). The van der Waals surface area contributed by atoms with Crippen molar-refractivity contribution in [2.24, 2.45) is 0 Å². The first-order valence-corrected chi connectivity index (χ1v) is 5.31. The van der Waals surface area contributed by atoms with Crippen molar-refractivity contribution in [3.05, 3.63) is 36.2 Å². The topological polar surface area (TPSA) is 66.2 Å². The van der Waals surface area contributed by atoms with Crippen LogP contribution in [0.1, 0.15) is 16.2 Å². The van der Waals surface area contributed by atoms with Crippen LogP contribution >= 0.6 is 0 Å². The summed E-state index contributed by atoms with van der Waals surface area (Å²) in [5.74, 6) is 1.21. The van der Waals surface area contributed by atoms with E-state index in [1.165, 1.54) is 0 Å². The zero-order valence-electron chi connectivity index (χ0n) is 10.2. The summed E-state index contributed by atoms with van der Waals surface area (Å²) in [6.45, 7) is 0.460. The van der Waals surface area contributed by atoms with Crippen LogP contribution in [0.2, 0.25) is 0 Å². The van der Waals surface area contributed by atoms with Crippen LogP contribution in [0.4, 0.5) is 0 Å².